The Kier molecular flexibility index (Phi) is 10.6. The molecule has 13 atom stereocenters. The van der Waals surface area contributed by atoms with E-state index in [2.05, 4.69) is 6.58 Å². The van der Waals surface area contributed by atoms with Crippen molar-refractivity contribution < 1.29 is 66.7 Å². The van der Waals surface area contributed by atoms with Gasteiger partial charge in [-0.15, -0.1) is 0 Å². The van der Waals surface area contributed by atoms with Gasteiger partial charge in [-0.2, -0.15) is 0 Å². The zero-order valence-electron chi connectivity index (χ0n) is 26.5. The smallest absolute Gasteiger partial charge is 0.309 e. The Morgan fingerprint density at radius 2 is 1.36 bits per heavy atom. The maximum Gasteiger partial charge on any atom is 0.309 e. The van der Waals surface area contributed by atoms with Gasteiger partial charge in [-0.3, -0.25) is 28.8 Å². The molecular formula is C31H42O14. The van der Waals surface area contributed by atoms with E-state index in [-0.39, 0.29) is 36.2 Å². The van der Waals surface area contributed by atoms with Crippen LogP contribution in [0.5, 0.6) is 0 Å². The second-order valence-electron chi connectivity index (χ2n) is 12.3. The van der Waals surface area contributed by atoms with Gasteiger partial charge in [0.1, 0.15) is 24.9 Å². The van der Waals surface area contributed by atoms with Crippen molar-refractivity contribution in [1.29, 1.82) is 0 Å². The van der Waals surface area contributed by atoms with E-state index in [0.29, 0.717) is 12.8 Å². The lowest BCUT2D eigenvalue weighted by Crippen LogP contribution is -2.63. The van der Waals surface area contributed by atoms with Crippen LogP contribution in [0, 0.1) is 29.6 Å². The van der Waals surface area contributed by atoms with Crippen molar-refractivity contribution in [3.8, 4) is 0 Å². The molecule has 0 aromatic heterocycles. The fourth-order valence-corrected chi connectivity index (χ4v) is 7.36. The summed E-state index contributed by atoms with van der Waals surface area (Å²) >= 11 is 0. The van der Waals surface area contributed by atoms with Gasteiger partial charge in [-0.1, -0.05) is 26.0 Å². The van der Waals surface area contributed by atoms with Crippen LogP contribution in [-0.4, -0.2) is 91.4 Å². The van der Waals surface area contributed by atoms with Crippen molar-refractivity contribution >= 4 is 35.8 Å². The first-order valence-corrected chi connectivity index (χ1v) is 15.1. The number of hydrogen-bond donors (Lipinski definition) is 0. The Balaban J connectivity index is 1.66. The van der Waals surface area contributed by atoms with Gasteiger partial charge in [0.2, 0.25) is 0 Å². The number of carbonyl (C=O) groups excluding carboxylic acids is 6. The minimum Gasteiger partial charge on any atom is -0.463 e. The third-order valence-electron chi connectivity index (χ3n) is 9.10. The SMILES string of the molecule is C=C1CC(OC(C)=O)C2C(C)C(=O)OC2C2C1CC(OC1OC(COC(C)=O)C(OC(C)=O)C(OC(C)=O)C1OC(C)=O)C2C. The Morgan fingerprint density at radius 1 is 0.778 bits per heavy atom. The number of fused-ring (bicyclic) bond motifs is 3. The lowest BCUT2D eigenvalue weighted by atomic mass is 9.77. The summed E-state index contributed by atoms with van der Waals surface area (Å²) in [5.74, 6) is -5.26. The van der Waals surface area contributed by atoms with Gasteiger partial charge in [-0.25, -0.2) is 0 Å². The van der Waals surface area contributed by atoms with E-state index >= 15 is 0 Å². The van der Waals surface area contributed by atoms with Crippen molar-refractivity contribution in [3.05, 3.63) is 12.2 Å². The molecule has 0 radical (unpaired) electrons. The van der Waals surface area contributed by atoms with Gasteiger partial charge in [0.05, 0.1) is 12.0 Å². The number of carbonyl (C=O) groups is 6. The predicted octanol–water partition coefficient (Wildman–Crippen LogP) is 1.80. The first kappa shape index (κ1) is 34.4. The number of hydrogen-bond acceptors (Lipinski definition) is 14. The lowest BCUT2D eigenvalue weighted by molar-refractivity contribution is -0.319. The molecular weight excluding hydrogens is 596 g/mol. The highest BCUT2D eigenvalue weighted by Crippen LogP contribution is 2.54. The minimum absolute atomic E-state index is 0.179. The molecule has 14 heteroatoms. The lowest BCUT2D eigenvalue weighted by Gasteiger charge is -2.45. The fraction of sp³-hybridized carbons (Fsp3) is 0.742. The molecule has 45 heavy (non-hydrogen) atoms. The average Bonchev–Trinajstić information content (AvgIpc) is 3.35. The molecule has 14 nitrogen and oxygen atoms in total. The van der Waals surface area contributed by atoms with E-state index < -0.39 is 84.8 Å². The third kappa shape index (κ3) is 7.49. The van der Waals surface area contributed by atoms with Crippen LogP contribution in [0.1, 0.15) is 61.3 Å². The molecule has 4 rings (SSSR count). The molecule has 4 fully saturated rings. The molecule has 4 aliphatic rings. The normalized spacial score (nSPS) is 39.0. The molecule has 2 aliphatic heterocycles. The van der Waals surface area contributed by atoms with Gasteiger partial charge in [0, 0.05) is 52.9 Å². The summed E-state index contributed by atoms with van der Waals surface area (Å²) < 4.78 is 45.9. The summed E-state index contributed by atoms with van der Waals surface area (Å²) in [6.07, 6.45) is -7.46. The standard InChI is InChI=1S/C31H42O14/c1-12-9-22(39-16(5)33)25-14(3)30(37)45-27(25)24-13(2)21(10-20(12)24)43-31-29(42-19(8)36)28(41-18(7)35)26(40-17(6)34)23(44-31)11-38-15(4)32/h13-14,20-29,31H,1,9-11H2,2-8H3. The molecule has 2 aliphatic carbocycles. The van der Waals surface area contributed by atoms with Crippen LogP contribution in [-0.2, 0) is 66.7 Å². The topological polar surface area (TPSA) is 176 Å². The van der Waals surface area contributed by atoms with Crippen molar-refractivity contribution in [1.82, 2.24) is 0 Å². The van der Waals surface area contributed by atoms with E-state index in [1.807, 2.05) is 6.92 Å². The molecule has 2 saturated carbocycles. The molecule has 13 unspecified atom stereocenters. The van der Waals surface area contributed by atoms with Crippen molar-refractivity contribution in [2.75, 3.05) is 6.61 Å². The number of rotatable bonds is 8. The van der Waals surface area contributed by atoms with Crippen LogP contribution < -0.4 is 0 Å². The molecule has 0 N–H and O–H groups in total. The quantitative estimate of drug-likeness (QED) is 0.214. The Labute approximate surface area is 261 Å². The third-order valence-corrected chi connectivity index (χ3v) is 9.10. The maximum absolute atomic E-state index is 12.8. The Bertz CT molecular complexity index is 1210. The first-order chi connectivity index (χ1) is 21.1. The zero-order chi connectivity index (χ0) is 33.3. The summed E-state index contributed by atoms with van der Waals surface area (Å²) in [6, 6.07) is 0. The van der Waals surface area contributed by atoms with Crippen molar-refractivity contribution in [3.63, 3.8) is 0 Å². The Hall–Kier alpha value is -3.52. The highest BCUT2D eigenvalue weighted by molar-refractivity contribution is 5.75. The largest absolute Gasteiger partial charge is 0.463 e. The molecule has 2 heterocycles. The molecule has 2 saturated heterocycles. The predicted molar refractivity (Wildman–Crippen MR) is 149 cm³/mol. The molecule has 0 spiro atoms. The van der Waals surface area contributed by atoms with Crippen LogP contribution >= 0.6 is 0 Å². The monoisotopic (exact) mass is 638 g/mol. The average molecular weight is 639 g/mol. The van der Waals surface area contributed by atoms with Gasteiger partial charge in [-0.05, 0) is 18.3 Å². The van der Waals surface area contributed by atoms with Gasteiger partial charge >= 0.3 is 35.8 Å². The maximum atomic E-state index is 12.8. The second-order valence-corrected chi connectivity index (χ2v) is 12.3. The number of ether oxygens (including phenoxy) is 8. The van der Waals surface area contributed by atoms with Gasteiger partial charge in [0.25, 0.3) is 0 Å². The summed E-state index contributed by atoms with van der Waals surface area (Å²) in [5, 5.41) is 0. The first-order valence-electron chi connectivity index (χ1n) is 15.1. The van der Waals surface area contributed by atoms with Crippen LogP contribution in [0.4, 0.5) is 0 Å². The van der Waals surface area contributed by atoms with Gasteiger partial charge < -0.3 is 37.9 Å². The van der Waals surface area contributed by atoms with Crippen LogP contribution in [0.25, 0.3) is 0 Å². The highest BCUT2D eigenvalue weighted by Gasteiger charge is 2.60. The zero-order valence-corrected chi connectivity index (χ0v) is 26.5. The Morgan fingerprint density at radius 3 is 1.93 bits per heavy atom. The van der Waals surface area contributed by atoms with E-state index in [1.54, 1.807) is 6.92 Å². The highest BCUT2D eigenvalue weighted by atomic mass is 16.7. The molecule has 0 aromatic rings. The van der Waals surface area contributed by atoms with Crippen LogP contribution in [0.3, 0.4) is 0 Å². The van der Waals surface area contributed by atoms with E-state index in [4.69, 9.17) is 37.9 Å². The van der Waals surface area contributed by atoms with Crippen molar-refractivity contribution in [2.24, 2.45) is 29.6 Å². The molecule has 0 amide bonds. The van der Waals surface area contributed by atoms with Crippen LogP contribution in [0.2, 0.25) is 0 Å². The van der Waals surface area contributed by atoms with Gasteiger partial charge in [0.15, 0.2) is 24.6 Å². The number of esters is 6. The summed E-state index contributed by atoms with van der Waals surface area (Å²) in [6.45, 7) is 13.6. The molecule has 250 valence electrons. The van der Waals surface area contributed by atoms with Crippen molar-refractivity contribution in [2.45, 2.75) is 110 Å². The van der Waals surface area contributed by atoms with E-state index in [0.717, 1.165) is 26.3 Å². The summed E-state index contributed by atoms with van der Waals surface area (Å²) in [4.78, 5) is 72.9. The second kappa shape index (κ2) is 13.9. The molecule has 0 bridgehead atoms. The van der Waals surface area contributed by atoms with E-state index in [1.165, 1.54) is 13.8 Å². The summed E-state index contributed by atoms with van der Waals surface area (Å²) in [5.41, 5.74) is 0.823. The summed E-state index contributed by atoms with van der Waals surface area (Å²) in [7, 11) is 0. The van der Waals surface area contributed by atoms with E-state index in [9.17, 15) is 28.8 Å². The minimum atomic E-state index is -1.37. The van der Waals surface area contributed by atoms with Crippen LogP contribution in [0.15, 0.2) is 12.2 Å². The molecule has 0 aromatic carbocycles. The fourth-order valence-electron chi connectivity index (χ4n) is 7.36.